The number of carbonyl (C=O) groups is 1. The molecule has 2 aliphatic rings. The van der Waals surface area contributed by atoms with Crippen LogP contribution in [0.2, 0.25) is 0 Å². The van der Waals surface area contributed by atoms with E-state index in [0.29, 0.717) is 0 Å². The van der Waals surface area contributed by atoms with Crippen LogP contribution in [0.25, 0.3) is 0 Å². The van der Waals surface area contributed by atoms with Crippen LogP contribution < -0.4 is 9.47 Å². The highest BCUT2D eigenvalue weighted by Crippen LogP contribution is 2.36. The van der Waals surface area contributed by atoms with E-state index in [-0.39, 0.29) is 5.78 Å². The summed E-state index contributed by atoms with van der Waals surface area (Å²) in [6.45, 7) is 11.1. The maximum Gasteiger partial charge on any atom is 0.130 e. The van der Waals surface area contributed by atoms with Crippen molar-refractivity contribution in [3.63, 3.8) is 0 Å². The van der Waals surface area contributed by atoms with Crippen LogP contribution in [0.3, 0.4) is 0 Å². The van der Waals surface area contributed by atoms with Crippen molar-refractivity contribution in [3.05, 3.63) is 119 Å². The van der Waals surface area contributed by atoms with Crippen molar-refractivity contribution in [1.29, 1.82) is 0 Å². The Morgan fingerprint density at radius 2 is 0.667 bits per heavy atom. The summed E-state index contributed by atoms with van der Waals surface area (Å²) < 4.78 is 11.6. The Morgan fingerprint density at radius 3 is 0.889 bits per heavy atom. The van der Waals surface area contributed by atoms with Crippen LogP contribution in [0, 0.1) is 0 Å². The predicted molar refractivity (Wildman–Crippen MR) is 151 cm³/mol. The molecular weight excluding hydrogens is 444 g/mol. The van der Waals surface area contributed by atoms with E-state index < -0.39 is 0 Å². The smallest absolute Gasteiger partial charge is 0.130 e. The Bertz CT molecular complexity index is 957. The molecule has 3 heteroatoms. The molecule has 0 fully saturated rings. The second-order valence-corrected chi connectivity index (χ2v) is 7.90. The van der Waals surface area contributed by atoms with Crippen molar-refractivity contribution >= 4 is 5.78 Å². The normalized spacial score (nSPS) is 10.8. The van der Waals surface area contributed by atoms with Crippen molar-refractivity contribution in [2.24, 2.45) is 0 Å². The average molecular weight is 483 g/mol. The van der Waals surface area contributed by atoms with Crippen molar-refractivity contribution < 1.29 is 14.3 Å². The van der Waals surface area contributed by atoms with Crippen molar-refractivity contribution in [2.75, 3.05) is 0 Å². The van der Waals surface area contributed by atoms with Crippen molar-refractivity contribution in [3.8, 4) is 23.0 Å². The topological polar surface area (TPSA) is 35.5 Å². The maximum atomic E-state index is 9.44. The molecule has 0 atom stereocenters. The Kier molecular flexibility index (Phi) is 12.0. The second-order valence-electron chi connectivity index (χ2n) is 7.90. The zero-order chi connectivity index (χ0) is 26.3. The fourth-order valence-corrected chi connectivity index (χ4v) is 3.65. The lowest BCUT2D eigenvalue weighted by Crippen LogP contribution is -2.01. The van der Waals surface area contributed by atoms with Gasteiger partial charge in [0.05, 0.1) is 0 Å². The van der Waals surface area contributed by atoms with Crippen molar-refractivity contribution in [1.82, 2.24) is 0 Å². The van der Waals surface area contributed by atoms with E-state index in [1.54, 1.807) is 0 Å². The molecule has 4 aromatic carbocycles. The summed E-state index contributed by atoms with van der Waals surface area (Å²) in [5.74, 6) is 4.13. The minimum absolute atomic E-state index is 0.167. The third kappa shape index (κ3) is 8.13. The third-order valence-corrected chi connectivity index (χ3v) is 5.09. The zero-order valence-electron chi connectivity index (χ0n) is 22.4. The van der Waals surface area contributed by atoms with E-state index in [1.807, 2.05) is 76.2 Å². The molecule has 0 spiro atoms. The molecule has 188 valence electrons. The first kappa shape index (κ1) is 28.4. The predicted octanol–water partition coefficient (Wildman–Crippen LogP) is 9.41. The number of ketones is 1. The lowest BCUT2D eigenvalue weighted by Gasteiger charge is -2.19. The summed E-state index contributed by atoms with van der Waals surface area (Å²) in [7, 11) is 0. The van der Waals surface area contributed by atoms with Gasteiger partial charge in [0.2, 0.25) is 0 Å². The molecule has 3 nitrogen and oxygen atoms in total. The van der Waals surface area contributed by atoms with Gasteiger partial charge in [-0.2, -0.15) is 0 Å². The van der Waals surface area contributed by atoms with Gasteiger partial charge < -0.3 is 14.3 Å². The van der Waals surface area contributed by atoms with Gasteiger partial charge in [-0.3, -0.25) is 0 Å². The van der Waals surface area contributed by atoms with E-state index >= 15 is 0 Å². The molecule has 0 N–H and O–H groups in total. The first-order valence-electron chi connectivity index (χ1n) is 12.7. The summed E-state index contributed by atoms with van der Waals surface area (Å²) in [5.41, 5.74) is 5.08. The number of ether oxygens (including phenoxy) is 2. The number of hydrogen-bond donors (Lipinski definition) is 0. The highest BCUT2D eigenvalue weighted by Gasteiger charge is 2.15. The van der Waals surface area contributed by atoms with E-state index in [9.17, 15) is 4.79 Å². The minimum atomic E-state index is 0.167. The summed E-state index contributed by atoms with van der Waals surface area (Å²) in [6.07, 6.45) is 1.96. The summed E-state index contributed by atoms with van der Waals surface area (Å²) in [6, 6.07) is 32.8. The monoisotopic (exact) mass is 482 g/mol. The van der Waals surface area contributed by atoms with Crippen LogP contribution in [0.15, 0.2) is 97.1 Å². The van der Waals surface area contributed by atoms with Crippen LogP contribution in [0.1, 0.15) is 63.8 Å². The summed E-state index contributed by atoms with van der Waals surface area (Å²) in [5, 5.41) is 0. The van der Waals surface area contributed by atoms with Crippen LogP contribution >= 0.6 is 0 Å². The van der Waals surface area contributed by atoms with Gasteiger partial charge in [-0.15, -0.1) is 0 Å². The first-order chi connectivity index (χ1) is 17.6. The molecule has 0 aromatic heterocycles. The maximum absolute atomic E-state index is 9.44. The fourth-order valence-electron chi connectivity index (χ4n) is 3.65. The van der Waals surface area contributed by atoms with Gasteiger partial charge in [-0.25, -0.2) is 0 Å². The molecule has 0 radical (unpaired) electrons. The second kappa shape index (κ2) is 15.2. The highest BCUT2D eigenvalue weighted by atomic mass is 16.5. The van der Waals surface area contributed by atoms with Gasteiger partial charge in [0.15, 0.2) is 0 Å². The van der Waals surface area contributed by atoms with Gasteiger partial charge >= 0.3 is 0 Å². The molecule has 0 bridgehead atoms. The lowest BCUT2D eigenvalue weighted by molar-refractivity contribution is -0.114. The molecule has 0 aliphatic carbocycles. The molecule has 2 aliphatic heterocycles. The quantitative estimate of drug-likeness (QED) is 0.216. The Morgan fingerprint density at radius 1 is 0.472 bits per heavy atom. The van der Waals surface area contributed by atoms with Crippen LogP contribution in [0.5, 0.6) is 23.0 Å². The van der Waals surface area contributed by atoms with Crippen LogP contribution in [-0.2, 0) is 17.6 Å². The van der Waals surface area contributed by atoms with Gasteiger partial charge in [-0.1, -0.05) is 100 Å². The number of carbonyl (C=O) groups excluding carboxylic acids is 1. The highest BCUT2D eigenvalue weighted by molar-refractivity contribution is 5.72. The van der Waals surface area contributed by atoms with E-state index in [2.05, 4.69) is 48.5 Å². The number of fused-ring (bicyclic) bond motifs is 4. The number of rotatable bonds is 0. The first-order valence-corrected chi connectivity index (χ1v) is 12.7. The molecule has 2 heterocycles. The van der Waals surface area contributed by atoms with Crippen LogP contribution in [0.4, 0.5) is 0 Å². The van der Waals surface area contributed by atoms with E-state index in [1.165, 1.54) is 36.1 Å². The number of hydrogen-bond acceptors (Lipinski definition) is 3. The molecule has 0 amide bonds. The average Bonchev–Trinajstić information content (AvgIpc) is 2.93. The molecule has 0 saturated heterocycles. The largest absolute Gasteiger partial charge is 0.457 e. The molecule has 0 saturated carbocycles. The standard InChI is InChI=1S/2C13H10O.C3H6O.2C2H6/c2*1-3-7-12-10(5-1)9-11-6-2-4-8-13(11)14-12;1-3(2)4;2*1-2/h2*1-8H,9H2;1-2H3;2*1-2H3. The minimum Gasteiger partial charge on any atom is -0.457 e. The molecule has 36 heavy (non-hydrogen) atoms. The van der Waals surface area contributed by atoms with Crippen molar-refractivity contribution in [2.45, 2.75) is 54.4 Å². The number of benzene rings is 4. The summed E-state index contributed by atoms with van der Waals surface area (Å²) in [4.78, 5) is 9.44. The summed E-state index contributed by atoms with van der Waals surface area (Å²) >= 11 is 0. The Balaban J connectivity index is 0.000000198. The lowest BCUT2D eigenvalue weighted by atomic mass is 10.0. The van der Waals surface area contributed by atoms with Gasteiger partial charge in [0.1, 0.15) is 28.8 Å². The Labute approximate surface area is 216 Å². The third-order valence-electron chi connectivity index (χ3n) is 5.09. The number of Topliss-reactive ketones (excluding diaryl/α,β-unsaturated/α-hetero) is 1. The molecule has 4 aromatic rings. The Hall–Kier alpha value is -3.85. The zero-order valence-corrected chi connectivity index (χ0v) is 22.4. The molecule has 0 unspecified atom stereocenters. The van der Waals surface area contributed by atoms with Gasteiger partial charge in [0.25, 0.3) is 0 Å². The van der Waals surface area contributed by atoms with Crippen LogP contribution in [-0.4, -0.2) is 5.78 Å². The SMILES string of the molecule is CC.CC.CC(C)=O.c1ccc2c(c1)Cc1ccccc1O2.c1ccc2c(c1)Cc1ccccc1O2. The number of para-hydroxylation sites is 4. The molecule has 6 rings (SSSR count). The van der Waals surface area contributed by atoms with E-state index in [4.69, 9.17) is 9.47 Å². The fraction of sp³-hybridized carbons (Fsp3) is 0.242. The van der Waals surface area contributed by atoms with E-state index in [0.717, 1.165) is 35.8 Å². The van der Waals surface area contributed by atoms with Gasteiger partial charge in [-0.05, 0) is 60.4 Å². The van der Waals surface area contributed by atoms with Gasteiger partial charge in [0, 0.05) is 12.8 Å². The molecular formula is C33H38O3.